The van der Waals surface area contributed by atoms with Gasteiger partial charge in [-0.15, -0.1) is 0 Å². The van der Waals surface area contributed by atoms with Crippen molar-refractivity contribution in [2.24, 2.45) is 15.4 Å². The van der Waals surface area contributed by atoms with Gasteiger partial charge in [-0.1, -0.05) is 114 Å². The van der Waals surface area contributed by atoms with Crippen molar-refractivity contribution in [3.63, 3.8) is 0 Å². The summed E-state index contributed by atoms with van der Waals surface area (Å²) in [6, 6.07) is 35.1. The number of aliphatic carboxylic acids is 1. The second kappa shape index (κ2) is 15.6. The van der Waals surface area contributed by atoms with Gasteiger partial charge in [0.1, 0.15) is 6.04 Å². The van der Waals surface area contributed by atoms with Crippen LogP contribution in [0, 0.1) is 5.41 Å². The maximum atomic E-state index is 13.1. The predicted molar refractivity (Wildman–Crippen MR) is 171 cm³/mol. The average Bonchev–Trinajstić information content (AvgIpc) is 3.04. The third-order valence-electron chi connectivity index (χ3n) is 7.26. The molecule has 9 heteroatoms. The molecule has 1 heterocycles. The first-order chi connectivity index (χ1) is 21.4. The number of rotatable bonds is 11. The quantitative estimate of drug-likeness (QED) is 0.0943. The molecule has 6 nitrogen and oxygen atoms in total. The van der Waals surface area contributed by atoms with Gasteiger partial charge in [0.2, 0.25) is 0 Å². The minimum absolute atomic E-state index is 0. The molecule has 0 saturated heterocycles. The van der Waals surface area contributed by atoms with Gasteiger partial charge in [0, 0.05) is 33.9 Å². The Morgan fingerprint density at radius 1 is 0.756 bits per heavy atom. The van der Waals surface area contributed by atoms with Gasteiger partial charge in [-0.25, -0.2) is 0 Å². The van der Waals surface area contributed by atoms with Crippen LogP contribution in [0.4, 0.5) is 5.69 Å². The third kappa shape index (κ3) is 8.26. The SMILES string of the molecule is O=C([O-])C(C=NC(c1ccccc1)c1ccccc1N=C([O-])c1ccccn1)(Cc1ccccc1Cl)Cc1ccccc1Cl.[Ni+2]. The second-order valence-corrected chi connectivity index (χ2v) is 11.1. The fraction of sp³-hybridized carbons (Fsp3) is 0.111. The zero-order chi connectivity index (χ0) is 30.9. The van der Waals surface area contributed by atoms with E-state index in [1.165, 1.54) is 12.4 Å². The summed E-state index contributed by atoms with van der Waals surface area (Å²) in [5, 5.41) is 27.0. The van der Waals surface area contributed by atoms with E-state index in [1.54, 1.807) is 78.9 Å². The number of halogens is 2. The molecule has 1 aromatic heterocycles. The summed E-state index contributed by atoms with van der Waals surface area (Å²) < 4.78 is 0. The number of nitrogens with zero attached hydrogens (tertiary/aromatic N) is 3. The standard InChI is InChI=1S/C36H29Cl2N3O3.Ni/c37-29-17-7-4-14-26(29)22-36(35(43)44,23-27-15-5-8-18-30(27)38)24-40-33(25-12-2-1-3-13-25)28-16-6-9-19-31(28)41-34(42)32-20-10-11-21-39-32;/h1-21,24,33H,22-23H2,(H,41,42)(H,43,44);/q;+2/p-2. The molecule has 0 aliphatic carbocycles. The zero-order valence-corrected chi connectivity index (χ0v) is 26.3. The summed E-state index contributed by atoms with van der Waals surface area (Å²) >= 11 is 13.0. The Morgan fingerprint density at radius 2 is 1.31 bits per heavy atom. The molecule has 0 aliphatic heterocycles. The summed E-state index contributed by atoms with van der Waals surface area (Å²) in [6.45, 7) is 0. The van der Waals surface area contributed by atoms with Crippen molar-refractivity contribution >= 4 is 47.0 Å². The van der Waals surface area contributed by atoms with Crippen molar-refractivity contribution in [2.75, 3.05) is 0 Å². The predicted octanol–water partition coefficient (Wildman–Crippen LogP) is 6.21. The number of pyridine rings is 1. The molecule has 1 atom stereocenters. The number of aromatic nitrogens is 1. The molecule has 0 amide bonds. The molecular formula is C36H27Cl2N3NiO3. The molecule has 0 aliphatic rings. The first kappa shape index (κ1) is 33.6. The van der Waals surface area contributed by atoms with Crippen LogP contribution in [0.25, 0.3) is 0 Å². The number of carbonyl (C=O) groups excluding carboxylic acids is 1. The van der Waals surface area contributed by atoms with Gasteiger partial charge < -0.3 is 15.0 Å². The van der Waals surface area contributed by atoms with E-state index in [4.69, 9.17) is 28.2 Å². The Balaban J connectivity index is 0.00000461. The molecule has 4 aromatic carbocycles. The number of hydrogen-bond acceptors (Lipinski definition) is 6. The molecule has 5 rings (SSSR count). The minimum atomic E-state index is -1.63. The number of benzene rings is 4. The summed E-state index contributed by atoms with van der Waals surface area (Å²) in [6.07, 6.45) is 2.98. The second-order valence-electron chi connectivity index (χ2n) is 10.3. The van der Waals surface area contributed by atoms with Gasteiger partial charge in [0.25, 0.3) is 0 Å². The van der Waals surface area contributed by atoms with E-state index < -0.39 is 23.3 Å². The van der Waals surface area contributed by atoms with E-state index >= 15 is 0 Å². The molecule has 1 unspecified atom stereocenters. The van der Waals surface area contributed by atoms with Crippen LogP contribution < -0.4 is 10.2 Å². The van der Waals surface area contributed by atoms with Crippen LogP contribution in [-0.2, 0) is 34.1 Å². The number of para-hydroxylation sites is 1. The number of aliphatic imine (C=N–C) groups is 2. The van der Waals surface area contributed by atoms with E-state index in [0.717, 1.165) is 5.56 Å². The molecule has 45 heavy (non-hydrogen) atoms. The van der Waals surface area contributed by atoms with Crippen molar-refractivity contribution in [2.45, 2.75) is 18.9 Å². The minimum Gasteiger partial charge on any atom is -0.857 e. The topological polar surface area (TPSA) is 101 Å². The Kier molecular flexibility index (Phi) is 11.7. The van der Waals surface area contributed by atoms with Gasteiger partial charge in [-0.3, -0.25) is 15.0 Å². The molecule has 0 spiro atoms. The fourth-order valence-electron chi connectivity index (χ4n) is 4.99. The van der Waals surface area contributed by atoms with Crippen molar-refractivity contribution < 1.29 is 31.5 Å². The number of carboxylic acids is 1. The van der Waals surface area contributed by atoms with Crippen molar-refractivity contribution in [1.29, 1.82) is 0 Å². The molecule has 5 aromatic rings. The number of carbonyl (C=O) groups is 1. The van der Waals surface area contributed by atoms with Crippen molar-refractivity contribution in [3.05, 3.63) is 166 Å². The fourth-order valence-corrected chi connectivity index (χ4v) is 5.39. The van der Waals surface area contributed by atoms with Crippen LogP contribution in [-0.4, -0.2) is 23.1 Å². The van der Waals surface area contributed by atoms with Gasteiger partial charge in [0.05, 0.1) is 22.8 Å². The van der Waals surface area contributed by atoms with Crippen LogP contribution >= 0.6 is 23.2 Å². The van der Waals surface area contributed by atoms with E-state index in [-0.39, 0.29) is 35.0 Å². The van der Waals surface area contributed by atoms with Gasteiger partial charge >= 0.3 is 16.5 Å². The molecule has 0 saturated carbocycles. The van der Waals surface area contributed by atoms with Gasteiger partial charge in [-0.05, 0) is 59.9 Å². The van der Waals surface area contributed by atoms with Crippen LogP contribution in [0.5, 0.6) is 0 Å². The van der Waals surface area contributed by atoms with Crippen molar-refractivity contribution in [3.8, 4) is 0 Å². The van der Waals surface area contributed by atoms with E-state index in [1.807, 2.05) is 42.5 Å². The Bertz CT molecular complexity index is 1750. The summed E-state index contributed by atoms with van der Waals surface area (Å²) in [5.41, 5.74) is 1.62. The van der Waals surface area contributed by atoms with Crippen LogP contribution in [0.3, 0.4) is 0 Å². The number of carboxylic acid groups (broad SMARTS) is 1. The zero-order valence-electron chi connectivity index (χ0n) is 23.8. The monoisotopic (exact) mass is 677 g/mol. The molecule has 0 N–H and O–H groups in total. The van der Waals surface area contributed by atoms with Gasteiger partial charge in [-0.2, -0.15) is 0 Å². The largest absolute Gasteiger partial charge is 2.00 e. The molecular weight excluding hydrogens is 652 g/mol. The molecule has 0 bridgehead atoms. The van der Waals surface area contributed by atoms with Crippen LogP contribution in [0.2, 0.25) is 10.0 Å². The first-order valence-electron chi connectivity index (χ1n) is 13.9. The normalized spacial score (nSPS) is 12.4. The van der Waals surface area contributed by atoms with E-state index in [2.05, 4.69) is 9.98 Å². The van der Waals surface area contributed by atoms with Crippen LogP contribution in [0.1, 0.15) is 34.0 Å². The molecule has 228 valence electrons. The summed E-state index contributed by atoms with van der Waals surface area (Å²) in [7, 11) is 0. The molecule has 0 radical (unpaired) electrons. The Hall–Kier alpha value is -4.29. The average molecular weight is 679 g/mol. The van der Waals surface area contributed by atoms with Gasteiger partial charge in [0.15, 0.2) is 0 Å². The van der Waals surface area contributed by atoms with E-state index in [0.29, 0.717) is 32.4 Å². The van der Waals surface area contributed by atoms with Crippen LogP contribution in [0.15, 0.2) is 138 Å². The maximum absolute atomic E-state index is 13.1. The third-order valence-corrected chi connectivity index (χ3v) is 7.99. The van der Waals surface area contributed by atoms with Crippen molar-refractivity contribution in [1.82, 2.24) is 4.98 Å². The summed E-state index contributed by atoms with van der Waals surface area (Å²) in [5.74, 6) is -1.83. The Morgan fingerprint density at radius 3 is 1.89 bits per heavy atom. The molecule has 0 fully saturated rings. The maximum Gasteiger partial charge on any atom is 2.00 e. The Labute approximate surface area is 282 Å². The van der Waals surface area contributed by atoms with E-state index in [9.17, 15) is 15.0 Å². The number of hydrogen-bond donors (Lipinski definition) is 0. The summed E-state index contributed by atoms with van der Waals surface area (Å²) in [4.78, 5) is 26.6. The first-order valence-corrected chi connectivity index (χ1v) is 14.7. The smallest absolute Gasteiger partial charge is 0.857 e.